The molecule has 1 aliphatic heterocycles. The van der Waals surface area contributed by atoms with Gasteiger partial charge >= 0.3 is 0 Å². The fraction of sp³-hybridized carbons (Fsp3) is 0.667. The van der Waals surface area contributed by atoms with Gasteiger partial charge in [-0.15, -0.1) is 11.8 Å². The maximum absolute atomic E-state index is 3.98. The molecule has 0 spiro atoms. The van der Waals surface area contributed by atoms with Crippen LogP contribution in [0.15, 0.2) is 29.2 Å². The molecule has 1 aliphatic carbocycles. The predicted octanol–water partition coefficient (Wildman–Crippen LogP) is 5.10. The number of thioether (sulfide) groups is 1. The second kappa shape index (κ2) is 5.43. The molecule has 1 aromatic carbocycles. The minimum Gasteiger partial charge on any atom is -0.335 e. The van der Waals surface area contributed by atoms with Crippen LogP contribution in [-0.4, -0.2) is 19.5 Å². The fourth-order valence-electron chi connectivity index (χ4n) is 5.00. The molecule has 1 fully saturated rings. The third-order valence-corrected chi connectivity index (χ3v) is 11.3. The molecule has 0 radical (unpaired) electrons. The van der Waals surface area contributed by atoms with Crippen molar-refractivity contribution in [3.8, 4) is 0 Å². The minimum atomic E-state index is -1.43. The molecule has 0 amide bonds. The van der Waals surface area contributed by atoms with Crippen molar-refractivity contribution < 1.29 is 0 Å². The molecule has 1 N–H and O–H groups in total. The Balaban J connectivity index is 1.95. The van der Waals surface area contributed by atoms with Gasteiger partial charge in [-0.3, -0.25) is 0 Å². The van der Waals surface area contributed by atoms with Gasteiger partial charge in [-0.25, -0.2) is 0 Å². The van der Waals surface area contributed by atoms with E-state index >= 15 is 0 Å². The normalized spacial score (nSPS) is 35.1. The van der Waals surface area contributed by atoms with Crippen molar-refractivity contribution in [2.24, 2.45) is 11.8 Å². The Bertz CT molecular complexity index is 528. The van der Waals surface area contributed by atoms with Gasteiger partial charge in [0.05, 0.1) is 0 Å². The van der Waals surface area contributed by atoms with Crippen molar-refractivity contribution in [3.63, 3.8) is 0 Å². The number of benzene rings is 1. The topological polar surface area (TPSA) is 12.0 Å². The Hall–Kier alpha value is -0.253. The monoisotopic (exact) mass is 319 g/mol. The molecule has 1 nitrogen and oxygen atoms in total. The highest BCUT2D eigenvalue weighted by molar-refractivity contribution is 8.00. The molecule has 21 heavy (non-hydrogen) atoms. The standard InChI is InChI=1S/C18H29NSSi/c1-11(2)19-21(5,6)18-13(4)12(3)16-14-9-7-8-10-15(14)20-17(16)18/h7-13,16-19H,1-6H3. The Labute approximate surface area is 135 Å². The zero-order valence-corrected chi connectivity index (χ0v) is 16.0. The molecular weight excluding hydrogens is 290 g/mol. The lowest BCUT2D eigenvalue weighted by atomic mass is 9.87. The van der Waals surface area contributed by atoms with Crippen LogP contribution in [0, 0.1) is 11.8 Å². The summed E-state index contributed by atoms with van der Waals surface area (Å²) >= 11 is 2.17. The van der Waals surface area contributed by atoms with E-state index in [4.69, 9.17) is 0 Å². The summed E-state index contributed by atoms with van der Waals surface area (Å²) < 4.78 is 0. The number of nitrogens with one attached hydrogen (secondary N) is 1. The number of hydrogen-bond acceptors (Lipinski definition) is 2. The molecule has 116 valence electrons. The lowest BCUT2D eigenvalue weighted by Gasteiger charge is -2.38. The molecule has 3 heteroatoms. The molecule has 5 atom stereocenters. The quantitative estimate of drug-likeness (QED) is 0.778. The molecule has 0 saturated heterocycles. The second-order valence-corrected chi connectivity index (χ2v) is 13.5. The molecule has 0 bridgehead atoms. The van der Waals surface area contributed by atoms with Gasteiger partial charge in [-0.05, 0) is 35.0 Å². The summed E-state index contributed by atoms with van der Waals surface area (Å²) in [5.74, 6) is 2.40. The third kappa shape index (κ3) is 2.51. The van der Waals surface area contributed by atoms with E-state index in [1.54, 1.807) is 10.5 Å². The molecule has 1 aromatic rings. The summed E-state index contributed by atoms with van der Waals surface area (Å²) in [6.07, 6.45) is 0. The summed E-state index contributed by atoms with van der Waals surface area (Å²) in [6.45, 7) is 14.7. The number of hydrogen-bond donors (Lipinski definition) is 1. The minimum absolute atomic E-state index is 0.599. The van der Waals surface area contributed by atoms with Crippen LogP contribution in [0.1, 0.15) is 39.2 Å². The fourth-order valence-corrected chi connectivity index (χ4v) is 12.3. The lowest BCUT2D eigenvalue weighted by molar-refractivity contribution is 0.417. The highest BCUT2D eigenvalue weighted by Crippen LogP contribution is 2.64. The van der Waals surface area contributed by atoms with Crippen LogP contribution in [-0.2, 0) is 0 Å². The summed E-state index contributed by atoms with van der Waals surface area (Å²) in [7, 11) is -1.43. The zero-order valence-electron chi connectivity index (χ0n) is 14.2. The van der Waals surface area contributed by atoms with Crippen LogP contribution in [0.4, 0.5) is 0 Å². The average Bonchev–Trinajstić information content (AvgIpc) is 2.84. The molecule has 5 unspecified atom stereocenters. The highest BCUT2D eigenvalue weighted by Gasteiger charge is 2.56. The van der Waals surface area contributed by atoms with Crippen molar-refractivity contribution in [2.45, 2.75) is 68.4 Å². The predicted molar refractivity (Wildman–Crippen MR) is 96.7 cm³/mol. The Morgan fingerprint density at radius 1 is 1.10 bits per heavy atom. The first-order valence-electron chi connectivity index (χ1n) is 8.36. The smallest absolute Gasteiger partial charge is 0.124 e. The van der Waals surface area contributed by atoms with Crippen LogP contribution < -0.4 is 4.98 Å². The van der Waals surface area contributed by atoms with Crippen LogP contribution in [0.25, 0.3) is 0 Å². The van der Waals surface area contributed by atoms with E-state index in [2.05, 4.69) is 81.8 Å². The maximum atomic E-state index is 3.98. The van der Waals surface area contributed by atoms with Crippen molar-refractivity contribution in [2.75, 3.05) is 0 Å². The number of rotatable bonds is 3. The SMILES string of the molecule is CC(C)N[Si](C)(C)C1C(C)C(C)C2c3ccccc3SC21. The first-order valence-corrected chi connectivity index (χ1v) is 12.3. The zero-order chi connectivity index (χ0) is 15.4. The van der Waals surface area contributed by atoms with Crippen LogP contribution in [0.2, 0.25) is 18.6 Å². The van der Waals surface area contributed by atoms with Gasteiger partial charge < -0.3 is 4.98 Å². The summed E-state index contributed by atoms with van der Waals surface area (Å²) in [4.78, 5) is 5.52. The largest absolute Gasteiger partial charge is 0.335 e. The maximum Gasteiger partial charge on any atom is 0.124 e. The van der Waals surface area contributed by atoms with E-state index < -0.39 is 8.24 Å². The van der Waals surface area contributed by atoms with Crippen molar-refractivity contribution in [3.05, 3.63) is 29.8 Å². The van der Waals surface area contributed by atoms with E-state index in [9.17, 15) is 0 Å². The van der Waals surface area contributed by atoms with Gasteiger partial charge in [0.15, 0.2) is 0 Å². The first-order chi connectivity index (χ1) is 9.83. The first kappa shape index (κ1) is 15.6. The summed E-state index contributed by atoms with van der Waals surface area (Å²) in [5.41, 5.74) is 2.49. The summed E-state index contributed by atoms with van der Waals surface area (Å²) in [6, 6.07) is 9.73. The van der Waals surface area contributed by atoms with Crippen LogP contribution in [0.3, 0.4) is 0 Å². The number of fused-ring (bicyclic) bond motifs is 3. The van der Waals surface area contributed by atoms with Gasteiger partial charge in [0.1, 0.15) is 8.24 Å². The van der Waals surface area contributed by atoms with Crippen molar-refractivity contribution >= 4 is 20.0 Å². The van der Waals surface area contributed by atoms with Crippen LogP contribution >= 0.6 is 11.8 Å². The lowest BCUT2D eigenvalue weighted by Crippen LogP contribution is -2.54. The average molecular weight is 320 g/mol. The van der Waals surface area contributed by atoms with Crippen molar-refractivity contribution in [1.29, 1.82) is 0 Å². The highest BCUT2D eigenvalue weighted by atomic mass is 32.2. The van der Waals surface area contributed by atoms with Gasteiger partial charge in [0, 0.05) is 16.1 Å². The van der Waals surface area contributed by atoms with E-state index in [0.717, 1.165) is 28.5 Å². The van der Waals surface area contributed by atoms with Gasteiger partial charge in [0.25, 0.3) is 0 Å². The van der Waals surface area contributed by atoms with Gasteiger partial charge in [-0.2, -0.15) is 0 Å². The molecule has 0 aromatic heterocycles. The molecule has 1 saturated carbocycles. The van der Waals surface area contributed by atoms with Crippen LogP contribution in [0.5, 0.6) is 0 Å². The van der Waals surface area contributed by atoms with Crippen molar-refractivity contribution in [1.82, 2.24) is 4.98 Å². The summed E-state index contributed by atoms with van der Waals surface area (Å²) in [5, 5.41) is 0.792. The van der Waals surface area contributed by atoms with Gasteiger partial charge in [0.2, 0.25) is 0 Å². The third-order valence-electron chi connectivity index (χ3n) is 5.71. The second-order valence-electron chi connectivity index (χ2n) is 7.91. The van der Waals surface area contributed by atoms with E-state index in [1.165, 1.54) is 0 Å². The Kier molecular flexibility index (Phi) is 4.04. The van der Waals surface area contributed by atoms with E-state index in [0.29, 0.717) is 6.04 Å². The Morgan fingerprint density at radius 2 is 1.76 bits per heavy atom. The van der Waals surface area contributed by atoms with E-state index in [1.807, 2.05) is 0 Å². The Morgan fingerprint density at radius 3 is 2.43 bits per heavy atom. The molecular formula is C18H29NSSi. The molecule has 3 rings (SSSR count). The molecule has 1 heterocycles. The van der Waals surface area contributed by atoms with E-state index in [-0.39, 0.29) is 0 Å². The molecule has 2 aliphatic rings. The van der Waals surface area contributed by atoms with Gasteiger partial charge in [-0.1, -0.05) is 59.0 Å².